The van der Waals surface area contributed by atoms with Crippen LogP contribution in [0.2, 0.25) is 0 Å². The van der Waals surface area contributed by atoms with E-state index in [1.807, 2.05) is 23.1 Å². The van der Waals surface area contributed by atoms with E-state index in [-0.39, 0.29) is 0 Å². The summed E-state index contributed by atoms with van der Waals surface area (Å²) >= 11 is 7.36. The van der Waals surface area contributed by atoms with Gasteiger partial charge >= 0.3 is 0 Å². The summed E-state index contributed by atoms with van der Waals surface area (Å²) in [5.74, 6) is 1.31. The summed E-state index contributed by atoms with van der Waals surface area (Å²) in [6, 6.07) is 2.59. The van der Waals surface area contributed by atoms with Gasteiger partial charge in [-0.05, 0) is 65.7 Å². The van der Waals surface area contributed by atoms with Gasteiger partial charge in [0.15, 0.2) is 0 Å². The van der Waals surface area contributed by atoms with Crippen molar-refractivity contribution >= 4 is 39.0 Å². The second-order valence-electron chi connectivity index (χ2n) is 4.22. The molecule has 1 heterocycles. The fourth-order valence-electron chi connectivity index (χ4n) is 1.75. The number of thioether (sulfide) groups is 1. The van der Waals surface area contributed by atoms with Crippen LogP contribution in [0, 0.1) is 0 Å². The molecule has 0 saturated carbocycles. The lowest BCUT2D eigenvalue weighted by Crippen LogP contribution is -2.19. The van der Waals surface area contributed by atoms with Gasteiger partial charge in [-0.3, -0.25) is 0 Å². The lowest BCUT2D eigenvalue weighted by Gasteiger charge is -2.12. The minimum Gasteiger partial charge on any atom is -0.309 e. The van der Waals surface area contributed by atoms with Gasteiger partial charge in [0.25, 0.3) is 0 Å². The van der Waals surface area contributed by atoms with Crippen molar-refractivity contribution in [2.75, 3.05) is 18.6 Å². The van der Waals surface area contributed by atoms with Gasteiger partial charge < -0.3 is 5.32 Å². The first-order valence-corrected chi connectivity index (χ1v) is 9.27. The fourth-order valence-corrected chi connectivity index (χ4v) is 3.99. The smallest absolute Gasteiger partial charge is 0.0397 e. The lowest BCUT2D eigenvalue weighted by molar-refractivity contribution is 0.541. The topological polar surface area (TPSA) is 12.0 Å². The lowest BCUT2D eigenvalue weighted by atomic mass is 10.2. The Morgan fingerprint density at radius 1 is 1.35 bits per heavy atom. The summed E-state index contributed by atoms with van der Waals surface area (Å²) in [6.07, 6.45) is 7.57. The van der Waals surface area contributed by atoms with E-state index in [2.05, 4.69) is 45.9 Å². The van der Waals surface area contributed by atoms with Crippen molar-refractivity contribution in [3.8, 4) is 0 Å². The Labute approximate surface area is 122 Å². The molecule has 1 nitrogen and oxygen atoms in total. The third-order valence-electron chi connectivity index (χ3n) is 2.76. The summed E-state index contributed by atoms with van der Waals surface area (Å²) in [6.45, 7) is 3.37. The molecule has 1 aromatic rings. The van der Waals surface area contributed by atoms with E-state index < -0.39 is 0 Å². The average molecular weight is 336 g/mol. The van der Waals surface area contributed by atoms with Crippen molar-refractivity contribution in [2.45, 2.75) is 38.6 Å². The summed E-state index contributed by atoms with van der Waals surface area (Å²) in [5, 5.41) is 5.73. The van der Waals surface area contributed by atoms with Crippen molar-refractivity contribution in [3.05, 3.63) is 20.8 Å². The van der Waals surface area contributed by atoms with E-state index in [4.69, 9.17) is 0 Å². The van der Waals surface area contributed by atoms with Crippen LogP contribution in [-0.4, -0.2) is 18.6 Å². The molecule has 1 atom stereocenters. The molecule has 0 aliphatic carbocycles. The highest BCUT2D eigenvalue weighted by atomic mass is 79.9. The predicted molar refractivity (Wildman–Crippen MR) is 85.3 cm³/mol. The molecule has 0 fully saturated rings. The Kier molecular flexibility index (Phi) is 8.62. The van der Waals surface area contributed by atoms with Crippen LogP contribution in [0.15, 0.2) is 15.9 Å². The van der Waals surface area contributed by atoms with Crippen LogP contribution in [0.3, 0.4) is 0 Å². The van der Waals surface area contributed by atoms with Gasteiger partial charge in [-0.1, -0.05) is 12.8 Å². The fraction of sp³-hybridized carbons (Fsp3) is 0.692. The normalized spacial score (nSPS) is 12.9. The second-order valence-corrected chi connectivity index (χ2v) is 7.00. The zero-order valence-electron chi connectivity index (χ0n) is 10.7. The Morgan fingerprint density at radius 3 is 2.76 bits per heavy atom. The number of rotatable bonds is 9. The van der Waals surface area contributed by atoms with Gasteiger partial charge in [0.2, 0.25) is 0 Å². The maximum absolute atomic E-state index is 3.59. The Balaban J connectivity index is 2.05. The molecule has 1 rings (SSSR count). The molecule has 17 heavy (non-hydrogen) atoms. The molecule has 0 spiro atoms. The number of halogens is 1. The molecular weight excluding hydrogens is 314 g/mol. The third kappa shape index (κ3) is 6.27. The average Bonchev–Trinajstić information content (AvgIpc) is 2.74. The van der Waals surface area contributed by atoms with E-state index >= 15 is 0 Å². The van der Waals surface area contributed by atoms with E-state index in [9.17, 15) is 0 Å². The molecule has 1 aromatic heterocycles. The van der Waals surface area contributed by atoms with Crippen molar-refractivity contribution in [1.82, 2.24) is 5.32 Å². The zero-order chi connectivity index (χ0) is 12.5. The maximum Gasteiger partial charge on any atom is 0.0397 e. The van der Waals surface area contributed by atoms with E-state index in [0.29, 0.717) is 6.04 Å². The number of hydrogen-bond donors (Lipinski definition) is 1. The number of hydrogen-bond acceptors (Lipinski definition) is 3. The molecular formula is C13H22BrNS2. The molecule has 0 radical (unpaired) electrons. The summed E-state index contributed by atoms with van der Waals surface area (Å²) in [4.78, 5) is 1.41. The zero-order valence-corrected chi connectivity index (χ0v) is 13.9. The second kappa shape index (κ2) is 9.42. The van der Waals surface area contributed by atoms with Crippen LogP contribution in [-0.2, 0) is 0 Å². The standard InChI is InChI=1S/C13H22BrNS2/c1-11(13-12(14)7-10-17-13)15-8-5-3-4-6-9-16-2/h7,10-11,15H,3-6,8-9H2,1-2H3. The monoisotopic (exact) mass is 335 g/mol. The SMILES string of the molecule is CSCCCCCCNC(C)c1sccc1Br. The quantitative estimate of drug-likeness (QED) is 0.631. The number of nitrogens with one attached hydrogen (secondary N) is 1. The molecule has 1 N–H and O–H groups in total. The van der Waals surface area contributed by atoms with Crippen LogP contribution in [0.25, 0.3) is 0 Å². The predicted octanol–water partition coefficient (Wildman–Crippen LogP) is 5.08. The molecule has 0 aromatic carbocycles. The molecule has 0 aliphatic rings. The molecule has 98 valence electrons. The van der Waals surface area contributed by atoms with Gasteiger partial charge in [0.1, 0.15) is 0 Å². The van der Waals surface area contributed by atoms with Crippen molar-refractivity contribution in [3.63, 3.8) is 0 Å². The van der Waals surface area contributed by atoms with E-state index in [1.54, 1.807) is 0 Å². The molecule has 0 bridgehead atoms. The third-order valence-corrected chi connectivity index (χ3v) is 5.51. The van der Waals surface area contributed by atoms with Crippen molar-refractivity contribution < 1.29 is 0 Å². The maximum atomic E-state index is 3.59. The highest BCUT2D eigenvalue weighted by Gasteiger charge is 2.09. The first-order chi connectivity index (χ1) is 8.25. The minimum atomic E-state index is 0.468. The van der Waals surface area contributed by atoms with Gasteiger partial charge in [0.05, 0.1) is 0 Å². The molecule has 4 heteroatoms. The van der Waals surface area contributed by atoms with Crippen molar-refractivity contribution in [2.24, 2.45) is 0 Å². The van der Waals surface area contributed by atoms with Crippen LogP contribution >= 0.6 is 39.0 Å². The van der Waals surface area contributed by atoms with Gasteiger partial charge in [-0.2, -0.15) is 11.8 Å². The first kappa shape index (κ1) is 15.5. The highest BCUT2D eigenvalue weighted by Crippen LogP contribution is 2.28. The Bertz CT molecular complexity index is 301. The van der Waals surface area contributed by atoms with E-state index in [0.717, 1.165) is 6.54 Å². The summed E-state index contributed by atoms with van der Waals surface area (Å²) in [7, 11) is 0. The van der Waals surface area contributed by atoms with Gasteiger partial charge in [-0.25, -0.2) is 0 Å². The van der Waals surface area contributed by atoms with Gasteiger partial charge in [0, 0.05) is 15.4 Å². The highest BCUT2D eigenvalue weighted by molar-refractivity contribution is 9.10. The summed E-state index contributed by atoms with van der Waals surface area (Å²) < 4.78 is 1.24. The molecule has 0 amide bonds. The number of unbranched alkanes of at least 4 members (excludes halogenated alkanes) is 3. The van der Waals surface area contributed by atoms with Crippen LogP contribution in [0.4, 0.5) is 0 Å². The molecule has 1 unspecified atom stereocenters. The molecule has 0 aliphatic heterocycles. The molecule has 0 saturated heterocycles. The van der Waals surface area contributed by atoms with Crippen LogP contribution in [0.1, 0.15) is 43.5 Å². The van der Waals surface area contributed by atoms with Crippen LogP contribution < -0.4 is 5.32 Å². The Morgan fingerprint density at radius 2 is 2.12 bits per heavy atom. The van der Waals surface area contributed by atoms with Crippen molar-refractivity contribution in [1.29, 1.82) is 0 Å². The van der Waals surface area contributed by atoms with E-state index in [1.165, 1.54) is 40.8 Å². The Hall–Kier alpha value is 0.490. The minimum absolute atomic E-state index is 0.468. The number of thiophene rings is 1. The van der Waals surface area contributed by atoms with Gasteiger partial charge in [-0.15, -0.1) is 11.3 Å². The summed E-state index contributed by atoms with van der Waals surface area (Å²) in [5.41, 5.74) is 0. The first-order valence-electron chi connectivity index (χ1n) is 6.21. The van der Waals surface area contributed by atoms with Crippen LogP contribution in [0.5, 0.6) is 0 Å². The largest absolute Gasteiger partial charge is 0.309 e.